The highest BCUT2D eigenvalue weighted by molar-refractivity contribution is 6.33. The van der Waals surface area contributed by atoms with Crippen LogP contribution < -0.4 is 10.9 Å². The number of carbonyl (C=O) groups is 2. The maximum absolute atomic E-state index is 14.3. The molecule has 1 aromatic carbocycles. The van der Waals surface area contributed by atoms with E-state index in [0.29, 0.717) is 25.3 Å². The van der Waals surface area contributed by atoms with Crippen LogP contribution in [0, 0.1) is 0 Å². The molecule has 0 aliphatic carbocycles. The van der Waals surface area contributed by atoms with Crippen LogP contribution in [0.25, 0.3) is 11.4 Å². The Bertz CT molecular complexity index is 2140. The second-order valence-corrected chi connectivity index (χ2v) is 12.9. The lowest BCUT2D eigenvalue weighted by Crippen LogP contribution is -2.47. The number of fused-ring (bicyclic) bond motifs is 3. The topological polar surface area (TPSA) is 153 Å². The summed E-state index contributed by atoms with van der Waals surface area (Å²) >= 11 is 12.0. The number of halogens is 5. The minimum absolute atomic E-state index is 0.0113. The summed E-state index contributed by atoms with van der Waals surface area (Å²) in [6.45, 7) is 2.41. The lowest BCUT2D eigenvalue weighted by Gasteiger charge is -2.39. The van der Waals surface area contributed by atoms with Gasteiger partial charge in [-0.1, -0.05) is 29.3 Å². The number of hydrogen-bond acceptors (Lipinski definition) is 9. The average molecular weight is 735 g/mol. The van der Waals surface area contributed by atoms with Crippen LogP contribution in [0.5, 0.6) is 5.75 Å². The van der Waals surface area contributed by atoms with Crippen molar-refractivity contribution < 1.29 is 37.3 Å². The molecule has 0 bridgehead atoms. The molecule has 6 heterocycles. The predicted octanol–water partition coefficient (Wildman–Crippen LogP) is 4.98. The van der Waals surface area contributed by atoms with Gasteiger partial charge in [0.15, 0.2) is 16.7 Å². The second-order valence-electron chi connectivity index (χ2n) is 12.1. The van der Waals surface area contributed by atoms with Crippen LogP contribution in [-0.4, -0.2) is 72.3 Å². The van der Waals surface area contributed by atoms with E-state index in [9.17, 15) is 32.7 Å². The van der Waals surface area contributed by atoms with Gasteiger partial charge in [0, 0.05) is 19.3 Å². The zero-order chi connectivity index (χ0) is 35.5. The molecular weight excluding hydrogens is 706 g/mol. The fourth-order valence-electron chi connectivity index (χ4n) is 6.74. The standard InChI is InChI=1S/C32H28Cl2F3N7O6/c1-16-24-23(31(50-16)7-10-42(11-8-31)28(47)19-4-9-38-26(34)25(19)46)29(48)44-30(40-27(41-44)17-5-12-49-13-6-17)43(24)15-22(45)39-21-3-2-18(14-20(21)33)32(35,36)37/h2-5,9,14,16,46H,6-8,10-13,15H2,1H3,(H,39,45)/t16-/m1/s1. The van der Waals surface area contributed by atoms with Gasteiger partial charge in [-0.2, -0.15) is 22.7 Å². The molecule has 3 aliphatic rings. The molecule has 1 atom stereocenters. The van der Waals surface area contributed by atoms with E-state index in [4.69, 9.17) is 32.7 Å². The number of pyridine rings is 1. The number of alkyl halides is 3. The van der Waals surface area contributed by atoms with Gasteiger partial charge < -0.3 is 29.4 Å². The van der Waals surface area contributed by atoms with Gasteiger partial charge in [-0.25, -0.2) is 4.98 Å². The lowest BCUT2D eigenvalue weighted by atomic mass is 9.85. The van der Waals surface area contributed by atoms with Crippen molar-refractivity contribution in [2.45, 2.75) is 50.6 Å². The highest BCUT2D eigenvalue weighted by atomic mass is 35.5. The third kappa shape index (κ3) is 5.89. The number of carbonyl (C=O) groups excluding carboxylic acids is 2. The Hall–Kier alpha value is -4.51. The first-order valence-electron chi connectivity index (χ1n) is 15.6. The number of aromatic nitrogens is 5. The molecule has 2 amide bonds. The Labute approximate surface area is 291 Å². The fraction of sp³-hybridized carbons (Fsp3) is 0.375. The number of likely N-dealkylation sites (tertiary alicyclic amines) is 1. The number of anilines is 1. The van der Waals surface area contributed by atoms with E-state index in [-0.39, 0.29) is 64.5 Å². The molecule has 3 aliphatic heterocycles. The molecule has 7 rings (SSSR count). The fourth-order valence-corrected chi connectivity index (χ4v) is 7.12. The van der Waals surface area contributed by atoms with E-state index in [2.05, 4.69) is 20.4 Å². The molecule has 0 saturated carbocycles. The lowest BCUT2D eigenvalue weighted by molar-refractivity contribution is -0.137. The Morgan fingerprint density at radius 2 is 1.94 bits per heavy atom. The van der Waals surface area contributed by atoms with E-state index in [1.165, 1.54) is 21.7 Å². The van der Waals surface area contributed by atoms with Gasteiger partial charge in [-0.3, -0.25) is 14.4 Å². The van der Waals surface area contributed by atoms with Crippen molar-refractivity contribution in [3.8, 4) is 5.75 Å². The number of nitrogens with zero attached hydrogens (tertiary/aromatic N) is 6. The van der Waals surface area contributed by atoms with Crippen LogP contribution in [0.2, 0.25) is 10.2 Å². The molecule has 3 aromatic heterocycles. The largest absolute Gasteiger partial charge is 0.504 e. The highest BCUT2D eigenvalue weighted by Crippen LogP contribution is 2.48. The number of hydrogen-bond donors (Lipinski definition) is 2. The molecule has 1 fully saturated rings. The van der Waals surface area contributed by atoms with Crippen molar-refractivity contribution >= 4 is 52.1 Å². The Morgan fingerprint density at radius 1 is 1.18 bits per heavy atom. The van der Waals surface area contributed by atoms with Crippen molar-refractivity contribution in [2.24, 2.45) is 0 Å². The Balaban J connectivity index is 1.26. The number of benzene rings is 1. The van der Waals surface area contributed by atoms with Crippen LogP contribution in [0.1, 0.15) is 65.3 Å². The number of nitrogens with one attached hydrogen (secondary N) is 1. The molecule has 2 N–H and O–H groups in total. The van der Waals surface area contributed by atoms with Gasteiger partial charge >= 0.3 is 6.18 Å². The van der Waals surface area contributed by atoms with Gasteiger partial charge in [-0.15, -0.1) is 5.10 Å². The van der Waals surface area contributed by atoms with Crippen molar-refractivity contribution in [1.29, 1.82) is 0 Å². The second kappa shape index (κ2) is 12.7. The number of amides is 2. The van der Waals surface area contributed by atoms with Crippen LogP contribution in [0.15, 0.2) is 41.3 Å². The van der Waals surface area contributed by atoms with Gasteiger partial charge in [0.2, 0.25) is 11.7 Å². The maximum Gasteiger partial charge on any atom is 0.416 e. The summed E-state index contributed by atoms with van der Waals surface area (Å²) in [5.41, 5.74) is -1.26. The third-order valence-corrected chi connectivity index (χ3v) is 9.71. The summed E-state index contributed by atoms with van der Waals surface area (Å²) in [5.74, 6) is -1.20. The number of aromatic hydroxyl groups is 1. The molecule has 262 valence electrons. The first-order chi connectivity index (χ1) is 23.8. The van der Waals surface area contributed by atoms with E-state index < -0.39 is 53.1 Å². The van der Waals surface area contributed by atoms with E-state index in [0.717, 1.165) is 28.3 Å². The van der Waals surface area contributed by atoms with Crippen LogP contribution in [0.3, 0.4) is 0 Å². The highest BCUT2D eigenvalue weighted by Gasteiger charge is 2.50. The first-order valence-corrected chi connectivity index (χ1v) is 16.3. The number of piperidine rings is 1. The monoisotopic (exact) mass is 733 g/mol. The zero-order valence-corrected chi connectivity index (χ0v) is 27.8. The molecule has 1 saturated heterocycles. The first kappa shape index (κ1) is 34.0. The van der Waals surface area contributed by atoms with E-state index >= 15 is 0 Å². The van der Waals surface area contributed by atoms with Gasteiger partial charge in [0.25, 0.3) is 11.5 Å². The van der Waals surface area contributed by atoms with E-state index in [1.54, 1.807) is 6.92 Å². The Morgan fingerprint density at radius 3 is 2.62 bits per heavy atom. The predicted molar refractivity (Wildman–Crippen MR) is 173 cm³/mol. The van der Waals surface area contributed by atoms with E-state index in [1.807, 2.05) is 6.08 Å². The normalized spacial score (nSPS) is 18.7. The molecule has 13 nitrogen and oxygen atoms in total. The van der Waals surface area contributed by atoms with Crippen molar-refractivity contribution in [1.82, 2.24) is 29.0 Å². The van der Waals surface area contributed by atoms with Gasteiger partial charge in [0.1, 0.15) is 12.1 Å². The molecular formula is C32H28Cl2F3N7O6. The molecule has 18 heteroatoms. The van der Waals surface area contributed by atoms with Crippen molar-refractivity contribution in [2.75, 3.05) is 31.6 Å². The maximum atomic E-state index is 14.3. The minimum Gasteiger partial charge on any atom is -0.504 e. The van der Waals surface area contributed by atoms with Crippen LogP contribution >= 0.6 is 23.2 Å². The molecule has 1 spiro atoms. The quantitative estimate of drug-likeness (QED) is 0.271. The van der Waals surface area contributed by atoms with Crippen LogP contribution in [-0.2, 0) is 32.6 Å². The van der Waals surface area contributed by atoms with Gasteiger partial charge in [-0.05, 0) is 56.0 Å². The summed E-state index contributed by atoms with van der Waals surface area (Å²) in [4.78, 5) is 51.1. The molecule has 4 aromatic rings. The van der Waals surface area contributed by atoms with Crippen molar-refractivity contribution in [3.63, 3.8) is 0 Å². The van der Waals surface area contributed by atoms with Gasteiger partial charge in [0.05, 0.1) is 52.4 Å². The zero-order valence-electron chi connectivity index (χ0n) is 26.3. The number of ether oxygens (including phenoxy) is 2. The summed E-state index contributed by atoms with van der Waals surface area (Å²) in [6.07, 6.45) is -1.29. The Kier molecular flexibility index (Phi) is 8.61. The number of rotatable bonds is 5. The SMILES string of the molecule is C[C@H]1OC2(CCN(C(=O)c3ccnc(Cl)c3O)CC2)c2c1n(CC(=O)Nc1ccc(C(F)(F)F)cc1Cl)c1nc(C3=CCOCC3)nn1c2=O. The smallest absolute Gasteiger partial charge is 0.416 e. The van der Waals surface area contributed by atoms with Crippen LogP contribution in [0.4, 0.5) is 18.9 Å². The minimum atomic E-state index is -4.62. The molecule has 50 heavy (non-hydrogen) atoms. The summed E-state index contributed by atoms with van der Waals surface area (Å²) < 4.78 is 54.2. The molecule has 0 radical (unpaired) electrons. The summed E-state index contributed by atoms with van der Waals surface area (Å²) in [5, 5.41) is 16.9. The van der Waals surface area contributed by atoms with Crippen molar-refractivity contribution in [3.05, 3.63) is 85.3 Å². The summed E-state index contributed by atoms with van der Waals surface area (Å²) in [6, 6.07) is 3.97. The summed E-state index contributed by atoms with van der Waals surface area (Å²) in [7, 11) is 0. The third-order valence-electron chi connectivity index (χ3n) is 9.12. The molecule has 0 unspecified atom stereocenters. The average Bonchev–Trinajstić information content (AvgIpc) is 3.65.